The number of rotatable bonds is 0. The average Bonchev–Trinajstić information content (AvgIpc) is 1.89. The van der Waals surface area contributed by atoms with Gasteiger partial charge in [-0.05, 0) is 13.0 Å². The number of pyridine rings is 1. The SMILES string of the molecule is Cc1ccc[nH+]c1C#N. The summed E-state index contributed by atoms with van der Waals surface area (Å²) in [6.45, 7) is 1.90. The van der Waals surface area contributed by atoms with E-state index in [9.17, 15) is 0 Å². The standard InChI is InChI=1S/C7H6N2/c1-6-3-2-4-9-7(6)5-8/h2-4H,1H3/p+1. The fourth-order valence-corrected chi connectivity index (χ4v) is 0.642. The second-order valence-electron chi connectivity index (χ2n) is 1.84. The van der Waals surface area contributed by atoms with Gasteiger partial charge in [0.2, 0.25) is 0 Å². The van der Waals surface area contributed by atoms with Crippen molar-refractivity contribution in [3.63, 3.8) is 0 Å². The molecule has 0 amide bonds. The maximum Gasteiger partial charge on any atom is 0.284 e. The van der Waals surface area contributed by atoms with Crippen LogP contribution in [0.5, 0.6) is 0 Å². The van der Waals surface area contributed by atoms with Crippen LogP contribution in [0.1, 0.15) is 11.3 Å². The van der Waals surface area contributed by atoms with Crippen LogP contribution in [0.2, 0.25) is 0 Å². The van der Waals surface area contributed by atoms with E-state index in [0.29, 0.717) is 5.69 Å². The van der Waals surface area contributed by atoms with E-state index >= 15 is 0 Å². The molecular weight excluding hydrogens is 112 g/mol. The zero-order valence-corrected chi connectivity index (χ0v) is 5.18. The van der Waals surface area contributed by atoms with Gasteiger partial charge in [0, 0.05) is 11.6 Å². The van der Waals surface area contributed by atoms with Gasteiger partial charge in [-0.3, -0.25) is 0 Å². The van der Waals surface area contributed by atoms with Gasteiger partial charge in [0.25, 0.3) is 5.69 Å². The predicted octanol–water partition coefficient (Wildman–Crippen LogP) is 0.681. The maximum absolute atomic E-state index is 8.44. The largest absolute Gasteiger partial charge is 0.284 e. The Morgan fingerprint density at radius 1 is 1.67 bits per heavy atom. The van der Waals surface area contributed by atoms with Crippen molar-refractivity contribution in [2.45, 2.75) is 6.92 Å². The van der Waals surface area contributed by atoms with Crippen molar-refractivity contribution in [2.24, 2.45) is 0 Å². The van der Waals surface area contributed by atoms with Gasteiger partial charge in [0.1, 0.15) is 0 Å². The topological polar surface area (TPSA) is 37.9 Å². The molecule has 0 bridgehead atoms. The molecule has 0 aliphatic rings. The van der Waals surface area contributed by atoms with Crippen LogP contribution in [0.4, 0.5) is 0 Å². The van der Waals surface area contributed by atoms with Gasteiger partial charge < -0.3 is 0 Å². The Labute approximate surface area is 53.8 Å². The van der Waals surface area contributed by atoms with Crippen LogP contribution in [0.15, 0.2) is 18.3 Å². The van der Waals surface area contributed by atoms with Crippen LogP contribution in [0, 0.1) is 18.3 Å². The molecule has 0 fully saturated rings. The van der Waals surface area contributed by atoms with Crippen molar-refractivity contribution in [1.82, 2.24) is 0 Å². The van der Waals surface area contributed by atoms with Gasteiger partial charge in [0.15, 0.2) is 12.3 Å². The molecule has 1 rings (SSSR count). The van der Waals surface area contributed by atoms with Gasteiger partial charge in [-0.1, -0.05) is 0 Å². The summed E-state index contributed by atoms with van der Waals surface area (Å²) in [5.74, 6) is 0. The monoisotopic (exact) mass is 119 g/mol. The van der Waals surface area contributed by atoms with Gasteiger partial charge in [0.05, 0.1) is 0 Å². The van der Waals surface area contributed by atoms with E-state index in [-0.39, 0.29) is 0 Å². The lowest BCUT2D eigenvalue weighted by Crippen LogP contribution is -2.07. The molecule has 0 spiro atoms. The summed E-state index contributed by atoms with van der Waals surface area (Å²) in [6, 6.07) is 5.81. The molecule has 1 N–H and O–H groups in total. The molecule has 0 saturated heterocycles. The fraction of sp³-hybridized carbons (Fsp3) is 0.143. The molecule has 44 valence electrons. The van der Waals surface area contributed by atoms with Gasteiger partial charge in [-0.2, -0.15) is 5.26 Å². The number of aryl methyl sites for hydroxylation is 1. The molecule has 0 aliphatic heterocycles. The summed E-state index contributed by atoms with van der Waals surface area (Å²) in [4.78, 5) is 2.83. The zero-order chi connectivity index (χ0) is 6.69. The second kappa shape index (κ2) is 2.27. The van der Waals surface area contributed by atoms with E-state index in [2.05, 4.69) is 4.98 Å². The maximum atomic E-state index is 8.44. The third-order valence-electron chi connectivity index (χ3n) is 1.18. The Kier molecular flexibility index (Phi) is 1.46. The summed E-state index contributed by atoms with van der Waals surface area (Å²) in [6.07, 6.45) is 1.74. The average molecular weight is 119 g/mol. The normalized spacial score (nSPS) is 8.44. The summed E-state index contributed by atoms with van der Waals surface area (Å²) in [5.41, 5.74) is 1.62. The van der Waals surface area contributed by atoms with E-state index in [1.54, 1.807) is 6.20 Å². The Morgan fingerprint density at radius 3 is 2.89 bits per heavy atom. The first kappa shape index (κ1) is 5.77. The quantitative estimate of drug-likeness (QED) is 0.495. The van der Waals surface area contributed by atoms with E-state index in [0.717, 1.165) is 5.56 Å². The molecule has 1 aromatic heterocycles. The summed E-state index contributed by atoms with van der Waals surface area (Å²) >= 11 is 0. The molecule has 1 aromatic rings. The minimum absolute atomic E-state index is 0.637. The molecule has 0 unspecified atom stereocenters. The number of hydrogen-bond donors (Lipinski definition) is 0. The first-order valence-corrected chi connectivity index (χ1v) is 2.72. The first-order valence-electron chi connectivity index (χ1n) is 2.72. The number of nitrogens with zero attached hydrogens (tertiary/aromatic N) is 1. The Hall–Kier alpha value is -1.36. The van der Waals surface area contributed by atoms with Crippen molar-refractivity contribution in [3.8, 4) is 6.07 Å². The summed E-state index contributed by atoms with van der Waals surface area (Å²) in [7, 11) is 0. The highest BCUT2D eigenvalue weighted by atomic mass is 14.7. The molecule has 0 atom stereocenters. The third-order valence-corrected chi connectivity index (χ3v) is 1.18. The fourth-order valence-electron chi connectivity index (χ4n) is 0.642. The van der Waals surface area contributed by atoms with Crippen LogP contribution >= 0.6 is 0 Å². The van der Waals surface area contributed by atoms with Crippen LogP contribution in [-0.2, 0) is 0 Å². The predicted molar refractivity (Wildman–Crippen MR) is 32.4 cm³/mol. The number of nitriles is 1. The lowest BCUT2D eigenvalue weighted by Gasteiger charge is -1.83. The lowest BCUT2D eigenvalue weighted by atomic mass is 10.2. The molecule has 2 heteroatoms. The molecule has 1 heterocycles. The number of nitrogens with one attached hydrogen (secondary N) is 1. The van der Waals surface area contributed by atoms with E-state index in [1.165, 1.54) is 0 Å². The molecule has 2 nitrogen and oxygen atoms in total. The number of hydrogen-bond acceptors (Lipinski definition) is 1. The number of aromatic amines is 1. The van der Waals surface area contributed by atoms with Crippen molar-refractivity contribution >= 4 is 0 Å². The van der Waals surface area contributed by atoms with Crippen molar-refractivity contribution in [2.75, 3.05) is 0 Å². The van der Waals surface area contributed by atoms with Crippen molar-refractivity contribution in [3.05, 3.63) is 29.6 Å². The smallest absolute Gasteiger partial charge is 0.202 e. The van der Waals surface area contributed by atoms with Crippen LogP contribution in [-0.4, -0.2) is 0 Å². The highest BCUT2D eigenvalue weighted by molar-refractivity contribution is 5.23. The van der Waals surface area contributed by atoms with E-state index in [1.807, 2.05) is 25.1 Å². The zero-order valence-electron chi connectivity index (χ0n) is 5.18. The summed E-state index contributed by atoms with van der Waals surface area (Å²) < 4.78 is 0. The van der Waals surface area contributed by atoms with Gasteiger partial charge in [-0.25, -0.2) is 4.98 Å². The number of H-pyrrole nitrogens is 1. The van der Waals surface area contributed by atoms with Gasteiger partial charge in [-0.15, -0.1) is 0 Å². The minimum atomic E-state index is 0.637. The van der Waals surface area contributed by atoms with Gasteiger partial charge >= 0.3 is 0 Å². The molecule has 0 aliphatic carbocycles. The van der Waals surface area contributed by atoms with E-state index in [4.69, 9.17) is 5.26 Å². The highest BCUT2D eigenvalue weighted by Crippen LogP contribution is 1.95. The number of aromatic nitrogens is 1. The molecule has 0 saturated carbocycles. The molecule has 9 heavy (non-hydrogen) atoms. The second-order valence-corrected chi connectivity index (χ2v) is 1.84. The van der Waals surface area contributed by atoms with Crippen molar-refractivity contribution in [1.29, 1.82) is 5.26 Å². The van der Waals surface area contributed by atoms with Crippen LogP contribution in [0.3, 0.4) is 0 Å². The lowest BCUT2D eigenvalue weighted by molar-refractivity contribution is -0.382. The molecular formula is C7H7N2+. The summed E-state index contributed by atoms with van der Waals surface area (Å²) in [5, 5.41) is 8.44. The Morgan fingerprint density at radius 2 is 2.44 bits per heavy atom. The Bertz CT molecular complexity index is 247. The van der Waals surface area contributed by atoms with E-state index < -0.39 is 0 Å². The molecule has 0 radical (unpaired) electrons. The molecule has 0 aromatic carbocycles. The Balaban J connectivity index is 3.20. The first-order chi connectivity index (χ1) is 4.34. The highest BCUT2D eigenvalue weighted by Gasteiger charge is 1.99. The van der Waals surface area contributed by atoms with Crippen molar-refractivity contribution < 1.29 is 4.98 Å². The minimum Gasteiger partial charge on any atom is -0.202 e. The third kappa shape index (κ3) is 1.06. The van der Waals surface area contributed by atoms with Crippen LogP contribution in [0.25, 0.3) is 0 Å². The van der Waals surface area contributed by atoms with Crippen LogP contribution < -0.4 is 4.98 Å².